The standard InChI is InChI=1S/C19H23BrN2O6S/c1-22(29(24,25)15-7-5-14(20)6-8-15)12-18(23)21-11-13-9-16(26-2)19(28-4)17(10-13)27-3/h5-10H,11-12H2,1-4H3,(H,21,23). The van der Waals surface area contributed by atoms with Gasteiger partial charge in [-0.15, -0.1) is 0 Å². The van der Waals surface area contributed by atoms with Crippen LogP contribution >= 0.6 is 15.9 Å². The van der Waals surface area contributed by atoms with Crippen LogP contribution < -0.4 is 19.5 Å². The zero-order chi connectivity index (χ0) is 21.6. The Kier molecular flexibility index (Phi) is 7.88. The topological polar surface area (TPSA) is 94.2 Å². The quantitative estimate of drug-likeness (QED) is 0.584. The van der Waals surface area contributed by atoms with Crippen molar-refractivity contribution < 1.29 is 27.4 Å². The molecule has 2 aromatic rings. The monoisotopic (exact) mass is 486 g/mol. The number of nitrogens with zero attached hydrogens (tertiary/aromatic N) is 1. The summed E-state index contributed by atoms with van der Waals surface area (Å²) in [6.45, 7) is -0.148. The number of hydrogen-bond donors (Lipinski definition) is 1. The molecular weight excluding hydrogens is 464 g/mol. The maximum Gasteiger partial charge on any atom is 0.243 e. The molecule has 0 fully saturated rings. The maximum absolute atomic E-state index is 12.6. The summed E-state index contributed by atoms with van der Waals surface area (Å²) in [5.74, 6) is 0.935. The number of carbonyl (C=O) groups is 1. The number of likely N-dealkylation sites (N-methyl/N-ethyl adjacent to an activating group) is 1. The third-order valence-electron chi connectivity index (χ3n) is 4.10. The number of hydrogen-bond acceptors (Lipinski definition) is 6. The van der Waals surface area contributed by atoms with Gasteiger partial charge in [-0.05, 0) is 42.0 Å². The fourth-order valence-electron chi connectivity index (χ4n) is 2.57. The molecule has 0 bridgehead atoms. The second-order valence-electron chi connectivity index (χ2n) is 6.03. The van der Waals surface area contributed by atoms with Gasteiger partial charge in [0.05, 0.1) is 32.8 Å². The van der Waals surface area contributed by atoms with Crippen LogP contribution in [0.3, 0.4) is 0 Å². The van der Waals surface area contributed by atoms with E-state index in [1.165, 1.54) is 40.5 Å². The van der Waals surface area contributed by atoms with Gasteiger partial charge in [-0.2, -0.15) is 4.31 Å². The van der Waals surface area contributed by atoms with Gasteiger partial charge < -0.3 is 19.5 Å². The molecular formula is C19H23BrN2O6S. The lowest BCUT2D eigenvalue weighted by molar-refractivity contribution is -0.121. The largest absolute Gasteiger partial charge is 0.493 e. The Morgan fingerprint density at radius 1 is 1.03 bits per heavy atom. The van der Waals surface area contributed by atoms with Crippen molar-refractivity contribution in [3.63, 3.8) is 0 Å². The molecule has 1 N–H and O–H groups in total. The van der Waals surface area contributed by atoms with E-state index in [2.05, 4.69) is 21.2 Å². The zero-order valence-corrected chi connectivity index (χ0v) is 19.0. The van der Waals surface area contributed by atoms with E-state index in [0.717, 1.165) is 8.78 Å². The summed E-state index contributed by atoms with van der Waals surface area (Å²) in [5, 5.41) is 2.70. The molecule has 29 heavy (non-hydrogen) atoms. The number of amides is 1. The van der Waals surface area contributed by atoms with Gasteiger partial charge in [0.15, 0.2) is 11.5 Å². The molecule has 0 aromatic heterocycles. The molecule has 2 rings (SSSR count). The van der Waals surface area contributed by atoms with Gasteiger partial charge in [-0.1, -0.05) is 15.9 Å². The predicted octanol–water partition coefficient (Wildman–Crippen LogP) is 2.41. The van der Waals surface area contributed by atoms with E-state index in [9.17, 15) is 13.2 Å². The number of methoxy groups -OCH3 is 3. The number of halogens is 1. The highest BCUT2D eigenvalue weighted by Crippen LogP contribution is 2.38. The number of nitrogens with one attached hydrogen (secondary N) is 1. The van der Waals surface area contributed by atoms with Gasteiger partial charge in [-0.25, -0.2) is 8.42 Å². The maximum atomic E-state index is 12.6. The first-order valence-corrected chi connectivity index (χ1v) is 10.7. The molecule has 2 aromatic carbocycles. The van der Waals surface area contributed by atoms with Crippen molar-refractivity contribution in [1.29, 1.82) is 0 Å². The summed E-state index contributed by atoms with van der Waals surface area (Å²) in [6.07, 6.45) is 0. The minimum Gasteiger partial charge on any atom is -0.493 e. The number of benzene rings is 2. The van der Waals surface area contributed by atoms with Crippen LogP contribution in [0.25, 0.3) is 0 Å². The van der Waals surface area contributed by atoms with Crippen molar-refractivity contribution in [2.45, 2.75) is 11.4 Å². The van der Waals surface area contributed by atoms with Gasteiger partial charge in [0, 0.05) is 18.1 Å². The molecule has 0 aliphatic carbocycles. The molecule has 0 aliphatic heterocycles. The van der Waals surface area contributed by atoms with Crippen molar-refractivity contribution in [3.05, 3.63) is 46.4 Å². The number of carbonyl (C=O) groups excluding carboxylic acids is 1. The normalized spacial score (nSPS) is 11.2. The summed E-state index contributed by atoms with van der Waals surface area (Å²) in [7, 11) is 2.10. The highest BCUT2D eigenvalue weighted by Gasteiger charge is 2.23. The molecule has 0 aliphatic rings. The first kappa shape index (κ1) is 23.0. The fourth-order valence-corrected chi connectivity index (χ4v) is 3.96. The third kappa shape index (κ3) is 5.62. The molecule has 0 heterocycles. The highest BCUT2D eigenvalue weighted by molar-refractivity contribution is 9.10. The van der Waals surface area contributed by atoms with E-state index in [1.54, 1.807) is 24.3 Å². The SMILES string of the molecule is COc1cc(CNC(=O)CN(C)S(=O)(=O)c2ccc(Br)cc2)cc(OC)c1OC. The second kappa shape index (κ2) is 9.95. The first-order valence-electron chi connectivity index (χ1n) is 8.50. The van der Waals surface area contributed by atoms with Crippen molar-refractivity contribution in [2.75, 3.05) is 34.9 Å². The summed E-state index contributed by atoms with van der Waals surface area (Å²) >= 11 is 3.26. The average Bonchev–Trinajstić information content (AvgIpc) is 2.71. The van der Waals surface area contributed by atoms with E-state index in [4.69, 9.17) is 14.2 Å². The first-order chi connectivity index (χ1) is 13.7. The average molecular weight is 487 g/mol. The van der Waals surface area contributed by atoms with Crippen molar-refractivity contribution >= 4 is 31.9 Å². The van der Waals surface area contributed by atoms with Gasteiger partial charge >= 0.3 is 0 Å². The minimum absolute atomic E-state index is 0.112. The van der Waals surface area contributed by atoms with E-state index in [-0.39, 0.29) is 18.0 Å². The Morgan fingerprint density at radius 2 is 1.59 bits per heavy atom. The Bertz CT molecular complexity index is 938. The summed E-state index contributed by atoms with van der Waals surface area (Å²) in [5.41, 5.74) is 0.714. The molecule has 0 saturated heterocycles. The van der Waals surface area contributed by atoms with Crippen molar-refractivity contribution in [2.24, 2.45) is 0 Å². The lowest BCUT2D eigenvalue weighted by Gasteiger charge is -2.17. The third-order valence-corrected chi connectivity index (χ3v) is 6.45. The number of rotatable bonds is 9. The van der Waals surface area contributed by atoms with Crippen LogP contribution in [0.5, 0.6) is 17.2 Å². The Balaban J connectivity index is 2.05. The van der Waals surface area contributed by atoms with E-state index in [0.29, 0.717) is 22.8 Å². The van der Waals surface area contributed by atoms with E-state index in [1.807, 2.05) is 0 Å². The summed E-state index contributed by atoms with van der Waals surface area (Å²) in [6, 6.07) is 9.64. The van der Waals surface area contributed by atoms with Crippen LogP contribution in [0.1, 0.15) is 5.56 Å². The molecule has 0 saturated carbocycles. The molecule has 0 radical (unpaired) electrons. The Hall–Kier alpha value is -2.30. The molecule has 0 spiro atoms. The van der Waals surface area contributed by atoms with Crippen LogP contribution in [0.4, 0.5) is 0 Å². The molecule has 158 valence electrons. The minimum atomic E-state index is -3.77. The van der Waals surface area contributed by atoms with Gasteiger partial charge in [0.1, 0.15) is 0 Å². The van der Waals surface area contributed by atoms with Gasteiger partial charge in [-0.3, -0.25) is 4.79 Å². The lowest BCUT2D eigenvalue weighted by Crippen LogP contribution is -2.38. The van der Waals surface area contributed by atoms with Crippen LogP contribution in [0.15, 0.2) is 45.8 Å². The lowest BCUT2D eigenvalue weighted by atomic mass is 10.1. The van der Waals surface area contributed by atoms with Crippen LogP contribution in [-0.4, -0.2) is 53.6 Å². The zero-order valence-electron chi connectivity index (χ0n) is 16.6. The van der Waals surface area contributed by atoms with Crippen LogP contribution in [0.2, 0.25) is 0 Å². The second-order valence-corrected chi connectivity index (χ2v) is 8.99. The fraction of sp³-hybridized carbons (Fsp3) is 0.316. The van der Waals surface area contributed by atoms with Crippen molar-refractivity contribution in [1.82, 2.24) is 9.62 Å². The Labute approximate surface area is 178 Å². The predicted molar refractivity (Wildman–Crippen MR) is 112 cm³/mol. The number of ether oxygens (including phenoxy) is 3. The molecule has 0 unspecified atom stereocenters. The van der Waals surface area contributed by atoms with Crippen molar-refractivity contribution in [3.8, 4) is 17.2 Å². The van der Waals surface area contributed by atoms with E-state index < -0.39 is 15.9 Å². The smallest absolute Gasteiger partial charge is 0.243 e. The van der Waals surface area contributed by atoms with Crippen LogP contribution in [-0.2, 0) is 21.4 Å². The van der Waals surface area contributed by atoms with Crippen LogP contribution in [0, 0.1) is 0 Å². The molecule has 10 heteroatoms. The number of sulfonamides is 1. The van der Waals surface area contributed by atoms with Gasteiger partial charge in [0.25, 0.3) is 0 Å². The summed E-state index contributed by atoms with van der Waals surface area (Å²) in [4.78, 5) is 12.4. The summed E-state index contributed by atoms with van der Waals surface area (Å²) < 4.78 is 42.7. The molecule has 0 atom stereocenters. The highest BCUT2D eigenvalue weighted by atomic mass is 79.9. The Morgan fingerprint density at radius 3 is 2.07 bits per heavy atom. The molecule has 1 amide bonds. The van der Waals surface area contributed by atoms with E-state index >= 15 is 0 Å². The molecule has 8 nitrogen and oxygen atoms in total. The van der Waals surface area contributed by atoms with Gasteiger partial charge in [0.2, 0.25) is 21.7 Å².